The molecule has 0 aliphatic carbocycles. The molecule has 1 aliphatic rings. The molecule has 0 spiro atoms. The fourth-order valence-electron chi connectivity index (χ4n) is 2.46. The van der Waals surface area contributed by atoms with Crippen molar-refractivity contribution in [3.05, 3.63) is 32.6 Å². The molecule has 7 nitrogen and oxygen atoms in total. The molecular formula is C13H21N3O4. The van der Waals surface area contributed by atoms with Crippen molar-refractivity contribution in [3.8, 4) is 0 Å². The lowest BCUT2D eigenvalue weighted by Crippen LogP contribution is -2.34. The van der Waals surface area contributed by atoms with Gasteiger partial charge in [-0.25, -0.2) is 4.79 Å². The standard InChI is InChI=1S/C13H21N3O4/c1-2-8-7-16(13(19)15-12(8)18)11-6-9(17)10(20-11)4-3-5-14/h7,9-11,17H,2-6,14H2,1H3,(H,15,18,19)/t9-,10+,11+/m0/s1. The predicted octanol–water partition coefficient (Wildman–Crippen LogP) is -0.514. The Bertz CT molecular complexity index is 565. The molecule has 0 amide bonds. The largest absolute Gasteiger partial charge is 0.390 e. The Hall–Kier alpha value is -1.44. The molecule has 0 unspecified atom stereocenters. The van der Waals surface area contributed by atoms with Crippen molar-refractivity contribution in [1.82, 2.24) is 9.55 Å². The van der Waals surface area contributed by atoms with E-state index in [-0.39, 0.29) is 11.7 Å². The van der Waals surface area contributed by atoms with Gasteiger partial charge >= 0.3 is 5.69 Å². The minimum atomic E-state index is -0.615. The van der Waals surface area contributed by atoms with Gasteiger partial charge in [-0.15, -0.1) is 0 Å². The number of nitrogens with two attached hydrogens (primary N) is 1. The number of aromatic nitrogens is 2. The Balaban J connectivity index is 2.21. The first-order valence-electron chi connectivity index (χ1n) is 6.94. The summed E-state index contributed by atoms with van der Waals surface area (Å²) in [7, 11) is 0. The number of rotatable bonds is 5. The van der Waals surface area contributed by atoms with Crippen molar-refractivity contribution in [1.29, 1.82) is 0 Å². The number of aryl methyl sites for hydroxylation is 1. The number of H-pyrrole nitrogens is 1. The van der Waals surface area contributed by atoms with Crippen LogP contribution in [0.3, 0.4) is 0 Å². The number of aromatic amines is 1. The fraction of sp³-hybridized carbons (Fsp3) is 0.692. The zero-order valence-corrected chi connectivity index (χ0v) is 11.5. The van der Waals surface area contributed by atoms with Crippen LogP contribution in [0.15, 0.2) is 15.8 Å². The van der Waals surface area contributed by atoms with Crippen molar-refractivity contribution in [2.75, 3.05) is 6.54 Å². The molecule has 1 aromatic heterocycles. The van der Waals surface area contributed by atoms with Gasteiger partial charge in [0.1, 0.15) is 6.23 Å². The van der Waals surface area contributed by atoms with Crippen molar-refractivity contribution < 1.29 is 9.84 Å². The second kappa shape index (κ2) is 6.34. The number of ether oxygens (including phenoxy) is 1. The number of hydrogen-bond donors (Lipinski definition) is 3. The average Bonchev–Trinajstić information content (AvgIpc) is 2.77. The van der Waals surface area contributed by atoms with E-state index < -0.39 is 18.0 Å². The first kappa shape index (κ1) is 15.0. The van der Waals surface area contributed by atoms with Gasteiger partial charge in [0.25, 0.3) is 5.56 Å². The number of hydrogen-bond acceptors (Lipinski definition) is 5. The summed E-state index contributed by atoms with van der Waals surface area (Å²) >= 11 is 0. The van der Waals surface area contributed by atoms with Gasteiger partial charge in [-0.3, -0.25) is 14.3 Å². The molecule has 1 aliphatic heterocycles. The first-order chi connectivity index (χ1) is 9.56. The van der Waals surface area contributed by atoms with Crippen LogP contribution in [-0.2, 0) is 11.2 Å². The van der Waals surface area contributed by atoms with Crippen LogP contribution in [0.2, 0.25) is 0 Å². The molecule has 1 aromatic rings. The topological polar surface area (TPSA) is 110 Å². The molecule has 0 aromatic carbocycles. The van der Waals surface area contributed by atoms with Crippen molar-refractivity contribution in [2.24, 2.45) is 5.73 Å². The second-order valence-electron chi connectivity index (χ2n) is 5.04. The third kappa shape index (κ3) is 3.00. The molecule has 7 heteroatoms. The van der Waals surface area contributed by atoms with Crippen molar-refractivity contribution in [2.45, 2.75) is 51.0 Å². The lowest BCUT2D eigenvalue weighted by molar-refractivity contribution is -0.0248. The van der Waals surface area contributed by atoms with Crippen LogP contribution < -0.4 is 17.0 Å². The van der Waals surface area contributed by atoms with E-state index in [1.165, 1.54) is 10.8 Å². The van der Waals surface area contributed by atoms with E-state index in [9.17, 15) is 14.7 Å². The Morgan fingerprint density at radius 1 is 1.55 bits per heavy atom. The van der Waals surface area contributed by atoms with E-state index in [0.717, 1.165) is 6.42 Å². The summed E-state index contributed by atoms with van der Waals surface area (Å²) in [6.07, 6.45) is 2.34. The Labute approximate surface area is 116 Å². The lowest BCUT2D eigenvalue weighted by Gasteiger charge is -2.16. The maximum absolute atomic E-state index is 11.8. The Morgan fingerprint density at radius 3 is 2.95 bits per heavy atom. The van der Waals surface area contributed by atoms with Crippen molar-refractivity contribution in [3.63, 3.8) is 0 Å². The summed E-state index contributed by atoms with van der Waals surface area (Å²) in [5.41, 5.74) is 5.09. The summed E-state index contributed by atoms with van der Waals surface area (Å²) in [5.74, 6) is 0. The number of nitrogens with zero attached hydrogens (tertiary/aromatic N) is 1. The normalized spacial score (nSPS) is 26.1. The van der Waals surface area contributed by atoms with Crippen LogP contribution in [0.25, 0.3) is 0 Å². The van der Waals surface area contributed by atoms with Gasteiger partial charge in [0, 0.05) is 18.2 Å². The second-order valence-corrected chi connectivity index (χ2v) is 5.04. The van der Waals surface area contributed by atoms with Gasteiger partial charge in [-0.05, 0) is 25.8 Å². The molecule has 0 radical (unpaired) electrons. The third-order valence-electron chi connectivity index (χ3n) is 3.63. The Kier molecular flexibility index (Phi) is 4.74. The minimum absolute atomic E-state index is 0.313. The zero-order valence-electron chi connectivity index (χ0n) is 11.5. The lowest BCUT2D eigenvalue weighted by atomic mass is 10.1. The van der Waals surface area contributed by atoms with E-state index in [4.69, 9.17) is 10.5 Å². The van der Waals surface area contributed by atoms with E-state index in [2.05, 4.69) is 4.98 Å². The molecule has 1 fully saturated rings. The molecular weight excluding hydrogens is 262 g/mol. The van der Waals surface area contributed by atoms with Crippen LogP contribution in [0, 0.1) is 0 Å². The van der Waals surface area contributed by atoms with E-state index in [1.807, 2.05) is 6.92 Å². The van der Waals surface area contributed by atoms with Gasteiger partial charge in [0.05, 0.1) is 12.2 Å². The minimum Gasteiger partial charge on any atom is -0.390 e. The first-order valence-corrected chi connectivity index (χ1v) is 6.94. The number of nitrogens with one attached hydrogen (secondary N) is 1. The quantitative estimate of drug-likeness (QED) is 0.674. The summed E-state index contributed by atoms with van der Waals surface area (Å²) < 4.78 is 7.07. The molecule has 1 saturated heterocycles. The maximum atomic E-state index is 11.8. The van der Waals surface area contributed by atoms with Crippen LogP contribution in [-0.4, -0.2) is 33.4 Å². The van der Waals surface area contributed by atoms with E-state index in [1.54, 1.807) is 0 Å². The predicted molar refractivity (Wildman–Crippen MR) is 73.5 cm³/mol. The third-order valence-corrected chi connectivity index (χ3v) is 3.63. The van der Waals surface area contributed by atoms with Crippen LogP contribution in [0.5, 0.6) is 0 Å². The van der Waals surface area contributed by atoms with Gasteiger partial charge < -0.3 is 15.6 Å². The highest BCUT2D eigenvalue weighted by Crippen LogP contribution is 2.29. The van der Waals surface area contributed by atoms with E-state index in [0.29, 0.717) is 31.4 Å². The highest BCUT2D eigenvalue weighted by molar-refractivity contribution is 5.04. The molecule has 2 heterocycles. The molecule has 2 rings (SSSR count). The van der Waals surface area contributed by atoms with Crippen LogP contribution >= 0.6 is 0 Å². The average molecular weight is 283 g/mol. The fourth-order valence-corrected chi connectivity index (χ4v) is 2.46. The highest BCUT2D eigenvalue weighted by Gasteiger charge is 2.34. The molecule has 3 atom stereocenters. The molecule has 112 valence electrons. The summed E-state index contributed by atoms with van der Waals surface area (Å²) in [6, 6.07) is 0. The van der Waals surface area contributed by atoms with Gasteiger partial charge in [-0.2, -0.15) is 0 Å². The van der Waals surface area contributed by atoms with Crippen LogP contribution in [0.4, 0.5) is 0 Å². The maximum Gasteiger partial charge on any atom is 0.330 e. The smallest absolute Gasteiger partial charge is 0.330 e. The summed E-state index contributed by atoms with van der Waals surface area (Å²) in [5, 5.41) is 9.97. The summed E-state index contributed by atoms with van der Waals surface area (Å²) in [4.78, 5) is 25.7. The van der Waals surface area contributed by atoms with E-state index >= 15 is 0 Å². The van der Waals surface area contributed by atoms with Gasteiger partial charge in [0.2, 0.25) is 0 Å². The molecule has 4 N–H and O–H groups in total. The van der Waals surface area contributed by atoms with Crippen LogP contribution in [0.1, 0.15) is 38.0 Å². The Morgan fingerprint density at radius 2 is 2.30 bits per heavy atom. The summed E-state index contributed by atoms with van der Waals surface area (Å²) in [6.45, 7) is 2.38. The molecule has 0 saturated carbocycles. The van der Waals surface area contributed by atoms with Gasteiger partial charge in [-0.1, -0.05) is 6.92 Å². The SMILES string of the molecule is CCc1cn([C@H]2C[C@H](O)[C@@H](CCCN)O2)c(=O)[nH]c1=O. The van der Waals surface area contributed by atoms with Crippen molar-refractivity contribution >= 4 is 0 Å². The zero-order chi connectivity index (χ0) is 14.7. The molecule has 20 heavy (non-hydrogen) atoms. The monoisotopic (exact) mass is 283 g/mol. The highest BCUT2D eigenvalue weighted by atomic mass is 16.5. The van der Waals surface area contributed by atoms with Gasteiger partial charge in [0.15, 0.2) is 0 Å². The molecule has 0 bridgehead atoms. The number of aliphatic hydroxyl groups is 1. The number of aliphatic hydroxyl groups excluding tert-OH is 1.